The smallest absolute Gasteiger partial charge is 0.111 e. The Kier molecular flexibility index (Phi) is 4.40. The lowest BCUT2D eigenvalue weighted by Gasteiger charge is -2.13. The van der Waals surface area contributed by atoms with Gasteiger partial charge in [-0.15, -0.1) is 0 Å². The van der Waals surface area contributed by atoms with Crippen LogP contribution in [0, 0.1) is 0 Å². The molecule has 0 bridgehead atoms. The molecular formula is C15H24N4. The van der Waals surface area contributed by atoms with Crippen LogP contribution in [0.3, 0.4) is 0 Å². The second-order valence-electron chi connectivity index (χ2n) is 5.33. The molecule has 0 radical (unpaired) electrons. The van der Waals surface area contributed by atoms with Crippen LogP contribution >= 0.6 is 0 Å². The number of hydrogen-bond donors (Lipinski definition) is 0. The zero-order valence-electron chi connectivity index (χ0n) is 12.4. The molecule has 0 atom stereocenters. The maximum Gasteiger partial charge on any atom is 0.111 e. The maximum absolute atomic E-state index is 4.70. The van der Waals surface area contributed by atoms with Gasteiger partial charge < -0.3 is 4.57 Å². The van der Waals surface area contributed by atoms with Crippen molar-refractivity contribution in [3.63, 3.8) is 0 Å². The fourth-order valence-electron chi connectivity index (χ4n) is 2.46. The molecule has 0 N–H and O–H groups in total. The highest BCUT2D eigenvalue weighted by Gasteiger charge is 2.11. The molecule has 0 unspecified atom stereocenters. The summed E-state index contributed by atoms with van der Waals surface area (Å²) in [7, 11) is 0. The first-order chi connectivity index (χ1) is 9.15. The van der Waals surface area contributed by atoms with E-state index in [0.717, 1.165) is 30.9 Å². The summed E-state index contributed by atoms with van der Waals surface area (Å²) in [6.45, 7) is 9.56. The molecule has 0 aromatic carbocycles. The molecule has 4 nitrogen and oxygen atoms in total. The first kappa shape index (κ1) is 13.8. The summed E-state index contributed by atoms with van der Waals surface area (Å²) in [5.41, 5.74) is 1.10. The van der Waals surface area contributed by atoms with Gasteiger partial charge in [0.2, 0.25) is 0 Å². The van der Waals surface area contributed by atoms with E-state index >= 15 is 0 Å². The first-order valence-electron chi connectivity index (χ1n) is 7.20. The third kappa shape index (κ3) is 3.06. The Morgan fingerprint density at radius 3 is 2.53 bits per heavy atom. The molecule has 0 fully saturated rings. The molecular weight excluding hydrogens is 236 g/mol. The molecule has 0 saturated heterocycles. The predicted octanol–water partition coefficient (Wildman–Crippen LogP) is 3.61. The molecule has 0 aliphatic heterocycles. The van der Waals surface area contributed by atoms with Crippen molar-refractivity contribution in [1.29, 1.82) is 0 Å². The predicted molar refractivity (Wildman–Crippen MR) is 77.3 cm³/mol. The van der Waals surface area contributed by atoms with Crippen molar-refractivity contribution in [2.45, 2.75) is 59.0 Å². The molecule has 0 aliphatic rings. The Labute approximate surface area is 115 Å². The van der Waals surface area contributed by atoms with Gasteiger partial charge in [-0.2, -0.15) is 5.10 Å². The van der Waals surface area contributed by atoms with E-state index in [9.17, 15) is 0 Å². The highest BCUT2D eigenvalue weighted by atomic mass is 15.3. The van der Waals surface area contributed by atoms with E-state index in [4.69, 9.17) is 5.10 Å². The minimum atomic E-state index is 0.441. The molecule has 0 spiro atoms. The molecule has 4 heteroatoms. The molecule has 2 aromatic rings. The van der Waals surface area contributed by atoms with Gasteiger partial charge in [0.25, 0.3) is 0 Å². The number of imidazole rings is 1. The van der Waals surface area contributed by atoms with Gasteiger partial charge in [-0.3, -0.25) is 4.68 Å². The summed E-state index contributed by atoms with van der Waals surface area (Å²) < 4.78 is 4.28. The maximum atomic E-state index is 4.70. The number of aromatic nitrogens is 4. The SMILES string of the molecule is CCC(CC)n1ccc(Cn2ccnc2C(C)C)n1. The van der Waals surface area contributed by atoms with E-state index in [0.29, 0.717) is 12.0 Å². The molecule has 2 rings (SSSR count). The van der Waals surface area contributed by atoms with Gasteiger partial charge in [0.1, 0.15) is 5.82 Å². The molecule has 2 aromatic heterocycles. The minimum absolute atomic E-state index is 0.441. The van der Waals surface area contributed by atoms with Crippen molar-refractivity contribution in [3.05, 3.63) is 36.2 Å². The standard InChI is InChI=1S/C15H24N4/c1-5-14(6-2)19-9-7-13(17-19)11-18-10-8-16-15(18)12(3)4/h7-10,12,14H,5-6,11H2,1-4H3. The van der Waals surface area contributed by atoms with Crippen LogP contribution in [-0.4, -0.2) is 19.3 Å². The summed E-state index contributed by atoms with van der Waals surface area (Å²) >= 11 is 0. The molecule has 104 valence electrons. The third-order valence-corrected chi connectivity index (χ3v) is 3.58. The largest absolute Gasteiger partial charge is 0.329 e. The Balaban J connectivity index is 2.13. The van der Waals surface area contributed by atoms with E-state index in [1.165, 1.54) is 0 Å². The lowest BCUT2D eigenvalue weighted by atomic mass is 10.2. The quantitative estimate of drug-likeness (QED) is 0.795. The van der Waals surface area contributed by atoms with Crippen molar-refractivity contribution < 1.29 is 0 Å². The summed E-state index contributed by atoms with van der Waals surface area (Å²) in [4.78, 5) is 4.41. The van der Waals surface area contributed by atoms with Crippen molar-refractivity contribution >= 4 is 0 Å². The van der Waals surface area contributed by atoms with Crippen LogP contribution < -0.4 is 0 Å². The normalized spacial score (nSPS) is 11.7. The fourth-order valence-corrected chi connectivity index (χ4v) is 2.46. The van der Waals surface area contributed by atoms with Crippen molar-refractivity contribution in [2.75, 3.05) is 0 Å². The molecule has 19 heavy (non-hydrogen) atoms. The van der Waals surface area contributed by atoms with Crippen LogP contribution in [0.4, 0.5) is 0 Å². The lowest BCUT2D eigenvalue weighted by Crippen LogP contribution is -2.10. The Morgan fingerprint density at radius 2 is 1.89 bits per heavy atom. The number of rotatable bonds is 6. The average Bonchev–Trinajstić information content (AvgIpc) is 3.01. The summed E-state index contributed by atoms with van der Waals surface area (Å²) in [6, 6.07) is 2.63. The van der Waals surface area contributed by atoms with E-state index in [-0.39, 0.29) is 0 Å². The van der Waals surface area contributed by atoms with Crippen molar-refractivity contribution in [3.8, 4) is 0 Å². The minimum Gasteiger partial charge on any atom is -0.329 e. The highest BCUT2D eigenvalue weighted by molar-refractivity contribution is 5.05. The van der Waals surface area contributed by atoms with Crippen LogP contribution in [0.25, 0.3) is 0 Å². The second kappa shape index (κ2) is 6.04. The zero-order chi connectivity index (χ0) is 13.8. The zero-order valence-corrected chi connectivity index (χ0v) is 12.4. The van der Waals surface area contributed by atoms with Crippen LogP contribution in [0.1, 0.15) is 64.0 Å². The van der Waals surface area contributed by atoms with Gasteiger partial charge in [-0.1, -0.05) is 27.7 Å². The third-order valence-electron chi connectivity index (χ3n) is 3.58. The Morgan fingerprint density at radius 1 is 1.16 bits per heavy atom. The Bertz CT molecular complexity index is 506. The van der Waals surface area contributed by atoms with Crippen molar-refractivity contribution in [1.82, 2.24) is 19.3 Å². The van der Waals surface area contributed by atoms with E-state index < -0.39 is 0 Å². The molecule has 0 aliphatic carbocycles. The molecule has 0 saturated carbocycles. The topological polar surface area (TPSA) is 35.6 Å². The second-order valence-corrected chi connectivity index (χ2v) is 5.33. The number of hydrogen-bond acceptors (Lipinski definition) is 2. The van der Waals surface area contributed by atoms with Gasteiger partial charge in [-0.05, 0) is 18.9 Å². The van der Waals surface area contributed by atoms with Crippen LogP contribution in [0.5, 0.6) is 0 Å². The average molecular weight is 260 g/mol. The van der Waals surface area contributed by atoms with Crippen LogP contribution in [0.2, 0.25) is 0 Å². The van der Waals surface area contributed by atoms with Gasteiger partial charge in [0.05, 0.1) is 18.3 Å². The fraction of sp³-hybridized carbons (Fsp3) is 0.600. The van der Waals surface area contributed by atoms with Crippen molar-refractivity contribution in [2.24, 2.45) is 0 Å². The van der Waals surface area contributed by atoms with Crippen LogP contribution in [-0.2, 0) is 6.54 Å². The first-order valence-corrected chi connectivity index (χ1v) is 7.20. The Hall–Kier alpha value is -1.58. The van der Waals surface area contributed by atoms with Crippen LogP contribution in [0.15, 0.2) is 24.7 Å². The van der Waals surface area contributed by atoms with E-state index in [2.05, 4.69) is 54.2 Å². The molecule has 0 amide bonds. The number of nitrogens with zero attached hydrogens (tertiary/aromatic N) is 4. The van der Waals surface area contributed by atoms with Gasteiger partial charge in [0.15, 0.2) is 0 Å². The summed E-state index contributed by atoms with van der Waals surface area (Å²) in [6.07, 6.45) is 8.25. The van der Waals surface area contributed by atoms with Gasteiger partial charge in [0, 0.05) is 24.5 Å². The summed E-state index contributed by atoms with van der Waals surface area (Å²) in [5, 5.41) is 4.70. The highest BCUT2D eigenvalue weighted by Crippen LogP contribution is 2.16. The monoisotopic (exact) mass is 260 g/mol. The lowest BCUT2D eigenvalue weighted by molar-refractivity contribution is 0.424. The van der Waals surface area contributed by atoms with E-state index in [1.54, 1.807) is 0 Å². The summed E-state index contributed by atoms with van der Waals surface area (Å²) in [5.74, 6) is 1.56. The molecule has 2 heterocycles. The van der Waals surface area contributed by atoms with Gasteiger partial charge in [-0.25, -0.2) is 4.98 Å². The van der Waals surface area contributed by atoms with Gasteiger partial charge >= 0.3 is 0 Å². The van der Waals surface area contributed by atoms with E-state index in [1.807, 2.05) is 12.4 Å².